The molecule has 0 saturated carbocycles. The third kappa shape index (κ3) is 3.79. The number of halogens is 1. The van der Waals surface area contributed by atoms with Crippen molar-refractivity contribution >= 4 is 44.4 Å². The molecule has 2 aromatic carbocycles. The molecule has 5 nitrogen and oxygen atoms in total. The maximum absolute atomic E-state index is 13.5. The van der Waals surface area contributed by atoms with Crippen LogP contribution in [0.2, 0.25) is 0 Å². The Bertz CT molecular complexity index is 1090. The monoisotopic (exact) mass is 412 g/mol. The number of amides is 1. The summed E-state index contributed by atoms with van der Waals surface area (Å²) in [6.45, 7) is 2.47. The maximum Gasteiger partial charge on any atom is 0.239 e. The minimum absolute atomic E-state index is 0.0413. The van der Waals surface area contributed by atoms with Crippen molar-refractivity contribution in [1.82, 2.24) is 14.5 Å². The fourth-order valence-corrected chi connectivity index (χ4v) is 4.71. The van der Waals surface area contributed by atoms with Crippen molar-refractivity contribution in [3.05, 3.63) is 66.7 Å². The van der Waals surface area contributed by atoms with Crippen molar-refractivity contribution in [2.75, 3.05) is 17.2 Å². The van der Waals surface area contributed by atoms with Crippen molar-refractivity contribution in [2.45, 2.75) is 12.1 Å². The van der Waals surface area contributed by atoms with Crippen LogP contribution in [0, 0.1) is 5.82 Å². The standard InChI is InChI=1S/C20H17FN4OS2/c1-2-24(20-23-16-8-3-4-9-17(16)28-20)18(26)13-27-19-22-10-11-25(19)15-7-5-6-14(21)12-15/h3-12H,2,13H2,1H3. The number of thioether (sulfide) groups is 1. The summed E-state index contributed by atoms with van der Waals surface area (Å²) in [7, 11) is 0. The first-order chi connectivity index (χ1) is 13.7. The molecular formula is C20H17FN4OS2. The van der Waals surface area contributed by atoms with Gasteiger partial charge in [0.25, 0.3) is 0 Å². The summed E-state index contributed by atoms with van der Waals surface area (Å²) in [6.07, 6.45) is 3.40. The van der Waals surface area contributed by atoms with E-state index in [-0.39, 0.29) is 17.5 Å². The maximum atomic E-state index is 13.5. The van der Waals surface area contributed by atoms with Crippen LogP contribution in [-0.4, -0.2) is 32.7 Å². The first-order valence-electron chi connectivity index (χ1n) is 8.73. The molecule has 0 aliphatic rings. The second kappa shape index (κ2) is 8.12. The number of hydrogen-bond acceptors (Lipinski definition) is 5. The highest BCUT2D eigenvalue weighted by Gasteiger charge is 2.19. The molecule has 0 saturated heterocycles. The summed E-state index contributed by atoms with van der Waals surface area (Å²) < 4.78 is 16.4. The van der Waals surface area contributed by atoms with Gasteiger partial charge >= 0.3 is 0 Å². The zero-order chi connectivity index (χ0) is 19.5. The Balaban J connectivity index is 1.50. The predicted molar refractivity (Wildman–Crippen MR) is 112 cm³/mol. The van der Waals surface area contributed by atoms with Gasteiger partial charge in [0.05, 0.1) is 21.7 Å². The number of benzene rings is 2. The molecular weight excluding hydrogens is 395 g/mol. The van der Waals surface area contributed by atoms with Gasteiger partial charge in [0, 0.05) is 18.9 Å². The van der Waals surface area contributed by atoms with Crippen molar-refractivity contribution < 1.29 is 9.18 Å². The summed E-state index contributed by atoms with van der Waals surface area (Å²) in [5, 5.41) is 1.34. The Kier molecular flexibility index (Phi) is 5.40. The average molecular weight is 413 g/mol. The molecule has 0 radical (unpaired) electrons. The van der Waals surface area contributed by atoms with Crippen LogP contribution < -0.4 is 4.90 Å². The van der Waals surface area contributed by atoms with E-state index in [1.54, 1.807) is 34.0 Å². The normalized spacial score (nSPS) is 11.1. The van der Waals surface area contributed by atoms with Crippen LogP contribution >= 0.6 is 23.1 Å². The molecule has 0 fully saturated rings. The molecule has 28 heavy (non-hydrogen) atoms. The summed E-state index contributed by atoms with van der Waals surface area (Å²) in [5.74, 6) is -0.137. The molecule has 2 aromatic heterocycles. The number of hydrogen-bond donors (Lipinski definition) is 0. The zero-order valence-electron chi connectivity index (χ0n) is 15.1. The van der Waals surface area contributed by atoms with E-state index < -0.39 is 0 Å². The molecule has 0 aliphatic heterocycles. The van der Waals surface area contributed by atoms with E-state index >= 15 is 0 Å². The second-order valence-corrected chi connectivity index (χ2v) is 7.90. The van der Waals surface area contributed by atoms with Gasteiger partial charge in [-0.25, -0.2) is 14.4 Å². The van der Waals surface area contributed by atoms with Crippen molar-refractivity contribution in [1.29, 1.82) is 0 Å². The molecule has 2 heterocycles. The molecule has 0 bridgehead atoms. The van der Waals surface area contributed by atoms with Gasteiger partial charge in [-0.2, -0.15) is 0 Å². The summed E-state index contributed by atoms with van der Waals surface area (Å²) in [5.41, 5.74) is 1.56. The van der Waals surface area contributed by atoms with E-state index in [9.17, 15) is 9.18 Å². The van der Waals surface area contributed by atoms with Crippen molar-refractivity contribution in [3.8, 4) is 5.69 Å². The van der Waals surface area contributed by atoms with E-state index in [0.29, 0.717) is 22.5 Å². The molecule has 8 heteroatoms. The average Bonchev–Trinajstić information content (AvgIpc) is 3.33. The van der Waals surface area contributed by atoms with E-state index in [0.717, 1.165) is 10.2 Å². The Hall–Kier alpha value is -2.71. The zero-order valence-corrected chi connectivity index (χ0v) is 16.7. The Morgan fingerprint density at radius 1 is 1.25 bits per heavy atom. The van der Waals surface area contributed by atoms with Gasteiger partial charge in [-0.15, -0.1) is 0 Å². The lowest BCUT2D eigenvalue weighted by Gasteiger charge is -2.17. The Morgan fingerprint density at radius 2 is 2.11 bits per heavy atom. The highest BCUT2D eigenvalue weighted by atomic mass is 32.2. The molecule has 0 unspecified atom stereocenters. The smallest absolute Gasteiger partial charge is 0.239 e. The van der Waals surface area contributed by atoms with Crippen molar-refractivity contribution in [3.63, 3.8) is 0 Å². The van der Waals surface area contributed by atoms with Gasteiger partial charge in [0.1, 0.15) is 5.82 Å². The summed E-state index contributed by atoms with van der Waals surface area (Å²) in [4.78, 5) is 23.4. The van der Waals surface area contributed by atoms with Gasteiger partial charge in [0.2, 0.25) is 5.91 Å². The van der Waals surface area contributed by atoms with Gasteiger partial charge in [-0.1, -0.05) is 41.3 Å². The number of thiazole rings is 1. The van der Waals surface area contributed by atoms with E-state index in [1.165, 1.54) is 35.2 Å². The molecule has 0 aliphatic carbocycles. The highest BCUT2D eigenvalue weighted by molar-refractivity contribution is 7.99. The molecule has 1 amide bonds. The van der Waals surface area contributed by atoms with Gasteiger partial charge in [-0.05, 0) is 37.3 Å². The van der Waals surface area contributed by atoms with Crippen LogP contribution in [0.15, 0.2) is 66.1 Å². The van der Waals surface area contributed by atoms with E-state index in [2.05, 4.69) is 9.97 Å². The fourth-order valence-electron chi connectivity index (χ4n) is 2.82. The second-order valence-electron chi connectivity index (χ2n) is 5.95. The Labute approximate surface area is 169 Å². The lowest BCUT2D eigenvalue weighted by molar-refractivity contribution is -0.116. The molecule has 4 aromatic rings. The van der Waals surface area contributed by atoms with E-state index in [4.69, 9.17) is 0 Å². The number of carbonyl (C=O) groups is 1. The van der Waals surface area contributed by atoms with Gasteiger partial charge in [0.15, 0.2) is 10.3 Å². The lowest BCUT2D eigenvalue weighted by atomic mass is 10.3. The third-order valence-corrected chi connectivity index (χ3v) is 6.16. The summed E-state index contributed by atoms with van der Waals surface area (Å²) >= 11 is 2.83. The first-order valence-corrected chi connectivity index (χ1v) is 10.5. The predicted octanol–water partition coefficient (Wildman–Crippen LogP) is 4.77. The molecule has 0 spiro atoms. The lowest BCUT2D eigenvalue weighted by Crippen LogP contribution is -2.32. The number of rotatable bonds is 6. The van der Waals surface area contributed by atoms with Gasteiger partial charge in [-0.3, -0.25) is 14.3 Å². The van der Waals surface area contributed by atoms with E-state index in [1.807, 2.05) is 31.2 Å². The number of nitrogens with zero attached hydrogens (tertiary/aromatic N) is 4. The Morgan fingerprint density at radius 3 is 2.89 bits per heavy atom. The molecule has 0 N–H and O–H groups in total. The largest absolute Gasteiger partial charge is 0.295 e. The topological polar surface area (TPSA) is 51.0 Å². The molecule has 142 valence electrons. The third-order valence-electron chi connectivity index (χ3n) is 4.15. The number of carbonyl (C=O) groups excluding carboxylic acids is 1. The minimum atomic E-state index is -0.314. The number of fused-ring (bicyclic) bond motifs is 1. The van der Waals surface area contributed by atoms with Gasteiger partial charge < -0.3 is 0 Å². The highest BCUT2D eigenvalue weighted by Crippen LogP contribution is 2.29. The number of anilines is 1. The van der Waals surface area contributed by atoms with Crippen LogP contribution in [0.1, 0.15) is 6.92 Å². The minimum Gasteiger partial charge on any atom is -0.295 e. The quantitative estimate of drug-likeness (QED) is 0.428. The van der Waals surface area contributed by atoms with Crippen LogP contribution in [0.4, 0.5) is 9.52 Å². The number of aromatic nitrogens is 3. The number of para-hydroxylation sites is 1. The molecule has 4 rings (SSSR count). The van der Waals surface area contributed by atoms with Crippen LogP contribution in [0.5, 0.6) is 0 Å². The number of imidazole rings is 1. The van der Waals surface area contributed by atoms with Crippen LogP contribution in [-0.2, 0) is 4.79 Å². The first kappa shape index (κ1) is 18.6. The molecule has 0 atom stereocenters. The fraction of sp³-hybridized carbons (Fsp3) is 0.150. The van der Waals surface area contributed by atoms with Crippen LogP contribution in [0.25, 0.3) is 15.9 Å². The SMILES string of the molecule is CCN(C(=O)CSc1nccn1-c1cccc(F)c1)c1nc2ccccc2s1. The van der Waals surface area contributed by atoms with Crippen molar-refractivity contribution in [2.24, 2.45) is 0 Å². The summed E-state index contributed by atoms with van der Waals surface area (Å²) in [6, 6.07) is 14.1. The van der Waals surface area contributed by atoms with Crippen LogP contribution in [0.3, 0.4) is 0 Å².